The van der Waals surface area contributed by atoms with E-state index in [1.165, 1.54) is 32.2 Å². The van der Waals surface area contributed by atoms with Crippen LogP contribution in [0.1, 0.15) is 78.7 Å². The van der Waals surface area contributed by atoms with Crippen molar-refractivity contribution in [1.29, 1.82) is 0 Å². The van der Waals surface area contributed by atoms with E-state index in [0.29, 0.717) is 42.6 Å². The van der Waals surface area contributed by atoms with Gasteiger partial charge in [-0.25, -0.2) is 5.43 Å². The molecule has 14 heteroatoms. The predicted molar refractivity (Wildman–Crippen MR) is 216 cm³/mol. The molecule has 1 aromatic rings. The summed E-state index contributed by atoms with van der Waals surface area (Å²) in [5.74, 6) is -3.87. The van der Waals surface area contributed by atoms with Crippen LogP contribution >= 0.6 is 0 Å². The Bertz CT molecular complexity index is 1690. The molecule has 0 spiro atoms. The number of methoxy groups -OCH3 is 1. The number of likely N-dealkylation sites (N-methyl/N-ethyl adjacent to an activating group) is 1. The van der Waals surface area contributed by atoms with Gasteiger partial charge in [-0.15, -0.1) is 0 Å². The van der Waals surface area contributed by atoms with Crippen molar-refractivity contribution in [2.24, 2.45) is 17.8 Å². The highest BCUT2D eigenvalue weighted by atomic mass is 16.5. The van der Waals surface area contributed by atoms with E-state index < -0.39 is 71.8 Å². The van der Waals surface area contributed by atoms with Gasteiger partial charge in [0.2, 0.25) is 17.7 Å². The number of hydrazine groups is 1. The van der Waals surface area contributed by atoms with Crippen LogP contribution in [0, 0.1) is 17.8 Å². The van der Waals surface area contributed by atoms with Crippen LogP contribution in [-0.4, -0.2) is 96.5 Å². The average molecular weight is 792 g/mol. The molecule has 0 saturated carbocycles. The number of rotatable bonds is 10. The van der Waals surface area contributed by atoms with Gasteiger partial charge in [-0.05, 0) is 74.6 Å². The van der Waals surface area contributed by atoms with Crippen molar-refractivity contribution < 1.29 is 43.3 Å². The molecule has 2 heterocycles. The number of carbonyl (C=O) groups excluding carboxylic acids is 6. The number of carbonyl (C=O) groups is 6. The van der Waals surface area contributed by atoms with Crippen LogP contribution in [0.4, 0.5) is 0 Å². The number of nitrogens with zero attached hydrogens (tertiary/aromatic N) is 1. The maximum atomic E-state index is 14.4. The van der Waals surface area contributed by atoms with Crippen molar-refractivity contribution in [3.05, 3.63) is 77.9 Å². The summed E-state index contributed by atoms with van der Waals surface area (Å²) in [6.07, 6.45) is 11.9. The van der Waals surface area contributed by atoms with Gasteiger partial charge in [0.05, 0.1) is 19.1 Å². The number of aliphatic hydroxyl groups excluding tert-OH is 1. The topological polar surface area (TPSA) is 192 Å². The van der Waals surface area contributed by atoms with Gasteiger partial charge in [0.1, 0.15) is 35.8 Å². The maximum Gasteiger partial charge on any atom is 0.325 e. The predicted octanol–water partition coefficient (Wildman–Crippen LogP) is 3.41. The van der Waals surface area contributed by atoms with E-state index in [1.807, 2.05) is 19.1 Å². The molecule has 7 atom stereocenters. The van der Waals surface area contributed by atoms with Gasteiger partial charge in [0.25, 0.3) is 5.91 Å². The van der Waals surface area contributed by atoms with Crippen LogP contribution in [0.25, 0.3) is 0 Å². The highest BCUT2D eigenvalue weighted by Crippen LogP contribution is 2.24. The molecule has 3 rings (SSSR count). The molecule has 2 bridgehead atoms. The van der Waals surface area contributed by atoms with Crippen molar-refractivity contribution >= 4 is 35.4 Å². The molecule has 1 fully saturated rings. The third kappa shape index (κ3) is 14.7. The van der Waals surface area contributed by atoms with Gasteiger partial charge in [-0.2, -0.15) is 0 Å². The van der Waals surface area contributed by atoms with Crippen LogP contribution in [0.3, 0.4) is 0 Å². The van der Waals surface area contributed by atoms with Crippen LogP contribution in [0.15, 0.2) is 72.4 Å². The summed E-state index contributed by atoms with van der Waals surface area (Å²) >= 11 is 0. The molecule has 4 amide bonds. The molecule has 312 valence electrons. The summed E-state index contributed by atoms with van der Waals surface area (Å²) in [5, 5.41) is 21.0. The minimum atomic E-state index is -1.13. The van der Waals surface area contributed by atoms with Crippen LogP contribution in [0.2, 0.25) is 0 Å². The zero-order valence-electron chi connectivity index (χ0n) is 34.3. The lowest BCUT2D eigenvalue weighted by Gasteiger charge is -2.36. The summed E-state index contributed by atoms with van der Waals surface area (Å²) in [4.78, 5) is 79.9. The molecular formula is C43H61N5O9. The Morgan fingerprint density at radius 2 is 1.79 bits per heavy atom. The number of aliphatic hydroxyl groups is 1. The molecule has 7 unspecified atom stereocenters. The molecule has 14 nitrogen and oxygen atoms in total. The minimum absolute atomic E-state index is 0.0702. The first-order chi connectivity index (χ1) is 27.1. The lowest BCUT2D eigenvalue weighted by Crippen LogP contribution is -2.62. The second-order valence-electron chi connectivity index (χ2n) is 15.1. The van der Waals surface area contributed by atoms with E-state index >= 15 is 0 Å². The smallest absolute Gasteiger partial charge is 0.325 e. The van der Waals surface area contributed by atoms with Crippen molar-refractivity contribution in [2.45, 2.75) is 110 Å². The molecule has 2 aliphatic rings. The fourth-order valence-electron chi connectivity index (χ4n) is 6.63. The number of amides is 4. The van der Waals surface area contributed by atoms with E-state index in [0.717, 1.165) is 0 Å². The Hall–Kier alpha value is -5.08. The third-order valence-electron chi connectivity index (χ3n) is 10.2. The van der Waals surface area contributed by atoms with Gasteiger partial charge in [0.15, 0.2) is 0 Å². The molecule has 5 N–H and O–H groups in total. The van der Waals surface area contributed by atoms with Crippen LogP contribution < -0.4 is 26.1 Å². The zero-order valence-corrected chi connectivity index (χ0v) is 34.3. The number of ketones is 1. The Balaban J connectivity index is 2.06. The number of cyclic esters (lactones) is 1. The highest BCUT2D eigenvalue weighted by molar-refractivity contribution is 5.93. The maximum absolute atomic E-state index is 14.4. The van der Waals surface area contributed by atoms with Gasteiger partial charge in [-0.1, -0.05) is 69.4 Å². The monoisotopic (exact) mass is 791 g/mol. The van der Waals surface area contributed by atoms with Gasteiger partial charge in [0, 0.05) is 38.9 Å². The first-order valence-electron chi connectivity index (χ1n) is 19.7. The molecule has 1 saturated heterocycles. The summed E-state index contributed by atoms with van der Waals surface area (Å²) in [7, 11) is 3.05. The molecule has 0 aliphatic carbocycles. The van der Waals surface area contributed by atoms with Crippen molar-refractivity contribution in [3.8, 4) is 5.75 Å². The third-order valence-corrected chi connectivity index (χ3v) is 10.2. The van der Waals surface area contributed by atoms with Crippen LogP contribution in [0.5, 0.6) is 5.75 Å². The summed E-state index contributed by atoms with van der Waals surface area (Å²) in [6, 6.07) is 4.04. The van der Waals surface area contributed by atoms with E-state index in [1.54, 1.807) is 69.3 Å². The highest BCUT2D eigenvalue weighted by Gasteiger charge is 2.37. The Morgan fingerprint density at radius 3 is 2.46 bits per heavy atom. The van der Waals surface area contributed by atoms with E-state index in [9.17, 15) is 33.9 Å². The molecule has 0 radical (unpaired) electrons. The largest absolute Gasteiger partial charge is 0.497 e. The number of hydrogen-bond acceptors (Lipinski definition) is 10. The summed E-state index contributed by atoms with van der Waals surface area (Å²) < 4.78 is 11.4. The fraction of sp³-hybridized carbons (Fsp3) is 0.535. The number of esters is 1. The Labute approximate surface area is 336 Å². The minimum Gasteiger partial charge on any atom is -0.497 e. The van der Waals surface area contributed by atoms with Crippen LogP contribution in [-0.2, 0) is 39.9 Å². The Morgan fingerprint density at radius 1 is 1.07 bits per heavy atom. The second kappa shape index (κ2) is 23.2. The molecule has 0 aromatic heterocycles. The summed E-state index contributed by atoms with van der Waals surface area (Å²) in [6.45, 7) is 8.81. The number of Topliss-reactive ketones (excluding diaryl/α,β-unsaturated/α-hetero) is 1. The normalized spacial score (nSPS) is 26.2. The van der Waals surface area contributed by atoms with E-state index in [2.05, 4.69) is 21.4 Å². The number of ether oxygens (including phenoxy) is 2. The van der Waals surface area contributed by atoms with Gasteiger partial charge < -0.3 is 35.3 Å². The first kappa shape index (κ1) is 46.3. The molecule has 57 heavy (non-hydrogen) atoms. The number of benzene rings is 1. The number of allylic oxidation sites excluding steroid dienone is 5. The van der Waals surface area contributed by atoms with Gasteiger partial charge in [-0.3, -0.25) is 29.0 Å². The average Bonchev–Trinajstić information content (AvgIpc) is 3.19. The standard InChI is InChI=1S/C43H61N5O9/c1-27(2)38-41(53)45-35(26-31-17-13-18-32(25-31)56-7)42(54)48-24-14-19-34(47-48)43(55)57-36(28(3)16-12-21-37(50)44-6)20-11-9-8-10-15-29(4)39(51)33(40(52)46-38)23-22-30(5)49/h8-13,16-18,21,25,27,29,33-36,38-39,47,51H,14-15,19-20,22-24,26H2,1-7H3,(H,44,50)(H,45,53)(H,46,52). The Kier molecular flexibility index (Phi) is 18.9. The first-order valence-corrected chi connectivity index (χ1v) is 19.7. The SMILES string of the molecule is CNC(=O)C=CC=C(C)C1CC=CC=CCC(C)C(O)C(CCC(C)=O)C(=O)NC(C(C)C)C(=O)NC(Cc2cccc(OC)c2)C(=O)N2CCCC(N2)C(=O)O1. The second-order valence-corrected chi connectivity index (χ2v) is 15.1. The van der Waals surface area contributed by atoms with Gasteiger partial charge >= 0.3 is 5.97 Å². The quantitative estimate of drug-likeness (QED) is 0.133. The van der Waals surface area contributed by atoms with Crippen molar-refractivity contribution in [2.75, 3.05) is 20.7 Å². The molecule has 2 aliphatic heterocycles. The lowest BCUT2D eigenvalue weighted by atomic mass is 9.85. The number of hydrogen-bond donors (Lipinski definition) is 5. The number of nitrogens with one attached hydrogen (secondary N) is 4. The van der Waals surface area contributed by atoms with Crippen molar-refractivity contribution in [1.82, 2.24) is 26.4 Å². The molecular weight excluding hydrogens is 730 g/mol. The fourth-order valence-corrected chi connectivity index (χ4v) is 6.63. The van der Waals surface area contributed by atoms with E-state index in [-0.39, 0.29) is 37.5 Å². The number of fused-ring (bicyclic) bond motifs is 2. The summed E-state index contributed by atoms with van der Waals surface area (Å²) in [5.41, 5.74) is 4.42. The zero-order chi connectivity index (χ0) is 42.1. The molecule has 1 aromatic carbocycles. The van der Waals surface area contributed by atoms with Crippen molar-refractivity contribution in [3.63, 3.8) is 0 Å². The van der Waals surface area contributed by atoms with E-state index in [4.69, 9.17) is 9.47 Å². The lowest BCUT2D eigenvalue weighted by molar-refractivity contribution is -0.156.